The third-order valence-electron chi connectivity index (χ3n) is 3.04. The molecule has 0 aliphatic carbocycles. The van der Waals surface area contributed by atoms with Crippen LogP contribution >= 0.6 is 23.2 Å². The molecule has 0 aliphatic rings. The Kier molecular flexibility index (Phi) is 3.78. The second kappa shape index (κ2) is 5.72. The molecule has 0 radical (unpaired) electrons. The Morgan fingerprint density at radius 1 is 0.952 bits per heavy atom. The van der Waals surface area contributed by atoms with Crippen molar-refractivity contribution >= 4 is 45.7 Å². The van der Waals surface area contributed by atoms with Gasteiger partial charge in [0.1, 0.15) is 5.15 Å². The largest absolute Gasteiger partial charge is 0.322 e. The number of hydrogen-bond donors (Lipinski definition) is 1. The predicted octanol–water partition coefficient (Wildman–Crippen LogP) is 4.79. The zero-order valence-electron chi connectivity index (χ0n) is 10.8. The Hall–Kier alpha value is -2.10. The lowest BCUT2D eigenvalue weighted by atomic mass is 10.1. The Labute approximate surface area is 131 Å². The summed E-state index contributed by atoms with van der Waals surface area (Å²) in [6.45, 7) is 0. The van der Waals surface area contributed by atoms with E-state index in [1.165, 1.54) is 0 Å². The first-order chi connectivity index (χ1) is 10.2. The van der Waals surface area contributed by atoms with E-state index in [0.717, 1.165) is 0 Å². The molecular weight excluding hydrogens is 307 g/mol. The van der Waals surface area contributed by atoms with E-state index in [1.54, 1.807) is 24.3 Å². The quantitative estimate of drug-likeness (QED) is 0.690. The molecule has 0 atom stereocenters. The maximum Gasteiger partial charge on any atom is 0.260 e. The molecule has 1 heterocycles. The molecule has 1 amide bonds. The van der Waals surface area contributed by atoms with Crippen molar-refractivity contribution in [1.29, 1.82) is 0 Å². The maximum absolute atomic E-state index is 12.4. The summed E-state index contributed by atoms with van der Waals surface area (Å²) in [7, 11) is 0. The molecule has 1 N–H and O–H groups in total. The van der Waals surface area contributed by atoms with Crippen LogP contribution in [0.25, 0.3) is 10.9 Å². The van der Waals surface area contributed by atoms with Crippen LogP contribution in [-0.2, 0) is 0 Å². The van der Waals surface area contributed by atoms with Gasteiger partial charge in [-0.1, -0.05) is 59.6 Å². The van der Waals surface area contributed by atoms with E-state index in [9.17, 15) is 4.79 Å². The standard InChI is InChI=1S/C16H10Cl2N2O/c17-14-11-8-4-5-9-12(11)20-15(18)13(14)16(21)19-10-6-2-1-3-7-10/h1-9H,(H,19,21). The van der Waals surface area contributed by atoms with Crippen LogP contribution in [0.1, 0.15) is 10.4 Å². The fraction of sp³-hybridized carbons (Fsp3) is 0. The predicted molar refractivity (Wildman–Crippen MR) is 86.2 cm³/mol. The van der Waals surface area contributed by atoms with Crippen LogP contribution < -0.4 is 5.32 Å². The number of nitrogens with one attached hydrogen (secondary N) is 1. The van der Waals surface area contributed by atoms with E-state index in [-0.39, 0.29) is 16.6 Å². The minimum atomic E-state index is -0.380. The molecular formula is C16H10Cl2N2O. The second-order valence-electron chi connectivity index (χ2n) is 4.43. The summed E-state index contributed by atoms with van der Waals surface area (Å²) in [6, 6.07) is 16.4. The Balaban J connectivity index is 2.05. The van der Waals surface area contributed by atoms with Crippen LogP contribution in [0.15, 0.2) is 54.6 Å². The summed E-state index contributed by atoms with van der Waals surface area (Å²) >= 11 is 12.4. The van der Waals surface area contributed by atoms with Gasteiger partial charge >= 0.3 is 0 Å². The van der Waals surface area contributed by atoms with Gasteiger partial charge in [0.15, 0.2) is 0 Å². The molecule has 104 valence electrons. The number of hydrogen-bond acceptors (Lipinski definition) is 2. The molecule has 0 aliphatic heterocycles. The van der Waals surface area contributed by atoms with E-state index in [1.807, 2.05) is 30.3 Å². The van der Waals surface area contributed by atoms with Gasteiger partial charge < -0.3 is 5.32 Å². The number of pyridine rings is 1. The lowest BCUT2D eigenvalue weighted by molar-refractivity contribution is 0.102. The molecule has 0 spiro atoms. The zero-order valence-corrected chi connectivity index (χ0v) is 12.3. The average molecular weight is 317 g/mol. The van der Waals surface area contributed by atoms with E-state index in [2.05, 4.69) is 10.3 Å². The first kappa shape index (κ1) is 13.9. The number of aromatic nitrogens is 1. The number of nitrogens with zero attached hydrogens (tertiary/aromatic N) is 1. The molecule has 0 fully saturated rings. The third kappa shape index (κ3) is 2.71. The summed E-state index contributed by atoms with van der Waals surface area (Å²) in [4.78, 5) is 16.6. The van der Waals surface area contributed by atoms with Gasteiger partial charge in [0, 0.05) is 11.1 Å². The number of rotatable bonds is 2. The van der Waals surface area contributed by atoms with Gasteiger partial charge in [-0.15, -0.1) is 0 Å². The van der Waals surface area contributed by atoms with Crippen molar-refractivity contribution in [1.82, 2.24) is 4.98 Å². The van der Waals surface area contributed by atoms with Crippen molar-refractivity contribution in [3.8, 4) is 0 Å². The number of anilines is 1. The number of carbonyl (C=O) groups excluding carboxylic acids is 1. The molecule has 3 nitrogen and oxygen atoms in total. The average Bonchev–Trinajstić information content (AvgIpc) is 2.48. The Morgan fingerprint density at radius 2 is 1.62 bits per heavy atom. The molecule has 3 aromatic rings. The van der Waals surface area contributed by atoms with Crippen LogP contribution in [-0.4, -0.2) is 10.9 Å². The number of halogens is 2. The zero-order chi connectivity index (χ0) is 14.8. The minimum absolute atomic E-state index is 0.0899. The first-order valence-electron chi connectivity index (χ1n) is 6.27. The van der Waals surface area contributed by atoms with Gasteiger partial charge in [0.05, 0.1) is 16.1 Å². The van der Waals surface area contributed by atoms with Crippen molar-refractivity contribution in [3.63, 3.8) is 0 Å². The van der Waals surface area contributed by atoms with Crippen LogP contribution in [0, 0.1) is 0 Å². The highest BCUT2D eigenvalue weighted by Gasteiger charge is 2.19. The topological polar surface area (TPSA) is 42.0 Å². The molecule has 0 saturated carbocycles. The van der Waals surface area contributed by atoms with E-state index >= 15 is 0 Å². The number of carbonyl (C=O) groups is 1. The van der Waals surface area contributed by atoms with Crippen LogP contribution in [0.2, 0.25) is 10.2 Å². The molecule has 0 unspecified atom stereocenters. The Bertz CT molecular complexity index is 819. The number of fused-ring (bicyclic) bond motifs is 1. The van der Waals surface area contributed by atoms with Gasteiger partial charge in [-0.3, -0.25) is 4.79 Å². The molecule has 21 heavy (non-hydrogen) atoms. The molecule has 0 saturated heterocycles. The Morgan fingerprint density at radius 3 is 2.38 bits per heavy atom. The van der Waals surface area contributed by atoms with Gasteiger partial charge in [-0.05, 0) is 18.2 Å². The van der Waals surface area contributed by atoms with Gasteiger partial charge in [-0.25, -0.2) is 4.98 Å². The first-order valence-corrected chi connectivity index (χ1v) is 7.02. The highest BCUT2D eigenvalue weighted by atomic mass is 35.5. The lowest BCUT2D eigenvalue weighted by Crippen LogP contribution is -2.14. The van der Waals surface area contributed by atoms with Gasteiger partial charge in [-0.2, -0.15) is 0 Å². The number of benzene rings is 2. The summed E-state index contributed by atoms with van der Waals surface area (Å²) in [5.74, 6) is -0.380. The van der Waals surface area contributed by atoms with Crippen molar-refractivity contribution in [3.05, 3.63) is 70.3 Å². The highest BCUT2D eigenvalue weighted by Crippen LogP contribution is 2.31. The SMILES string of the molecule is O=C(Nc1ccccc1)c1c(Cl)nc2ccccc2c1Cl. The molecule has 0 bridgehead atoms. The normalized spacial score (nSPS) is 10.6. The van der Waals surface area contributed by atoms with Crippen molar-refractivity contribution in [2.75, 3.05) is 5.32 Å². The second-order valence-corrected chi connectivity index (χ2v) is 5.16. The fourth-order valence-electron chi connectivity index (χ4n) is 2.05. The highest BCUT2D eigenvalue weighted by molar-refractivity contribution is 6.43. The van der Waals surface area contributed by atoms with E-state index in [4.69, 9.17) is 23.2 Å². The van der Waals surface area contributed by atoms with Crippen LogP contribution in [0.4, 0.5) is 5.69 Å². The van der Waals surface area contributed by atoms with Gasteiger partial charge in [0.25, 0.3) is 5.91 Å². The number of para-hydroxylation sites is 2. The monoisotopic (exact) mass is 316 g/mol. The van der Waals surface area contributed by atoms with Crippen LogP contribution in [0.3, 0.4) is 0 Å². The molecule has 2 aromatic carbocycles. The number of amides is 1. The van der Waals surface area contributed by atoms with Gasteiger partial charge in [0.2, 0.25) is 0 Å². The fourth-order valence-corrected chi connectivity index (χ4v) is 2.71. The summed E-state index contributed by atoms with van der Waals surface area (Å²) in [5.41, 5.74) is 1.51. The third-order valence-corrected chi connectivity index (χ3v) is 3.71. The summed E-state index contributed by atoms with van der Waals surface area (Å²) in [5, 5.41) is 3.85. The summed E-state index contributed by atoms with van der Waals surface area (Å²) in [6.07, 6.45) is 0. The smallest absolute Gasteiger partial charge is 0.260 e. The molecule has 3 rings (SSSR count). The lowest BCUT2D eigenvalue weighted by Gasteiger charge is -2.10. The van der Waals surface area contributed by atoms with Crippen molar-refractivity contribution < 1.29 is 4.79 Å². The van der Waals surface area contributed by atoms with Crippen molar-refractivity contribution in [2.24, 2.45) is 0 Å². The van der Waals surface area contributed by atoms with Crippen molar-refractivity contribution in [2.45, 2.75) is 0 Å². The van der Waals surface area contributed by atoms with E-state index in [0.29, 0.717) is 21.6 Å². The molecule has 1 aromatic heterocycles. The minimum Gasteiger partial charge on any atom is -0.322 e. The molecule has 5 heteroatoms. The van der Waals surface area contributed by atoms with Crippen LogP contribution in [0.5, 0.6) is 0 Å². The summed E-state index contributed by atoms with van der Waals surface area (Å²) < 4.78 is 0. The van der Waals surface area contributed by atoms with E-state index < -0.39 is 0 Å². The maximum atomic E-state index is 12.4.